The Kier molecular flexibility index (Phi) is 2.29. The SMILES string of the molecule is Cc1ccc(-c2ncccc2N)c(N)c1. The van der Waals surface area contributed by atoms with Crippen molar-refractivity contribution in [2.45, 2.75) is 6.92 Å². The fraction of sp³-hybridized carbons (Fsp3) is 0.0833. The first-order valence-corrected chi connectivity index (χ1v) is 4.75. The van der Waals surface area contributed by atoms with E-state index in [0.717, 1.165) is 16.8 Å². The van der Waals surface area contributed by atoms with E-state index in [1.54, 1.807) is 6.20 Å². The van der Waals surface area contributed by atoms with Crippen LogP contribution in [0, 0.1) is 6.92 Å². The smallest absolute Gasteiger partial charge is 0.0951 e. The molecular weight excluding hydrogens is 186 g/mol. The Balaban J connectivity index is 2.60. The maximum absolute atomic E-state index is 5.93. The number of benzene rings is 1. The number of aryl methyl sites for hydroxylation is 1. The van der Waals surface area contributed by atoms with Crippen LogP contribution in [-0.2, 0) is 0 Å². The van der Waals surface area contributed by atoms with Crippen LogP contribution in [0.5, 0.6) is 0 Å². The van der Waals surface area contributed by atoms with Crippen LogP contribution in [0.15, 0.2) is 36.5 Å². The molecule has 1 heterocycles. The molecular formula is C12H13N3. The second-order valence-corrected chi connectivity index (χ2v) is 3.53. The third-order valence-electron chi connectivity index (χ3n) is 2.30. The molecule has 0 aliphatic heterocycles. The first kappa shape index (κ1) is 9.52. The zero-order chi connectivity index (χ0) is 10.8. The molecule has 0 atom stereocenters. The fourth-order valence-corrected chi connectivity index (χ4v) is 1.54. The van der Waals surface area contributed by atoms with Crippen molar-refractivity contribution in [1.29, 1.82) is 0 Å². The van der Waals surface area contributed by atoms with Gasteiger partial charge in [0.2, 0.25) is 0 Å². The molecule has 2 rings (SSSR count). The van der Waals surface area contributed by atoms with Crippen LogP contribution in [0.4, 0.5) is 11.4 Å². The van der Waals surface area contributed by atoms with Crippen molar-refractivity contribution >= 4 is 11.4 Å². The highest BCUT2D eigenvalue weighted by atomic mass is 14.7. The Morgan fingerprint density at radius 3 is 2.53 bits per heavy atom. The van der Waals surface area contributed by atoms with Crippen molar-refractivity contribution in [3.05, 3.63) is 42.1 Å². The summed E-state index contributed by atoms with van der Waals surface area (Å²) in [6, 6.07) is 9.50. The Hall–Kier alpha value is -2.03. The van der Waals surface area contributed by atoms with Crippen molar-refractivity contribution in [2.24, 2.45) is 0 Å². The molecule has 4 N–H and O–H groups in total. The van der Waals surface area contributed by atoms with Crippen molar-refractivity contribution in [2.75, 3.05) is 11.5 Å². The van der Waals surface area contributed by atoms with Gasteiger partial charge in [0.1, 0.15) is 0 Å². The number of nitrogens with two attached hydrogens (primary N) is 2. The monoisotopic (exact) mass is 199 g/mol. The largest absolute Gasteiger partial charge is 0.398 e. The molecule has 0 bridgehead atoms. The van der Waals surface area contributed by atoms with Gasteiger partial charge in [-0.15, -0.1) is 0 Å². The highest BCUT2D eigenvalue weighted by Gasteiger charge is 2.06. The summed E-state index contributed by atoms with van der Waals surface area (Å²) >= 11 is 0. The van der Waals surface area contributed by atoms with Crippen LogP contribution < -0.4 is 11.5 Å². The van der Waals surface area contributed by atoms with Gasteiger partial charge in [-0.05, 0) is 30.7 Å². The molecule has 76 valence electrons. The molecule has 3 heteroatoms. The summed E-state index contributed by atoms with van der Waals surface area (Å²) in [7, 11) is 0. The fourth-order valence-electron chi connectivity index (χ4n) is 1.54. The average Bonchev–Trinajstić information content (AvgIpc) is 2.20. The highest BCUT2D eigenvalue weighted by molar-refractivity contribution is 5.81. The molecule has 1 aromatic heterocycles. The summed E-state index contributed by atoms with van der Waals surface area (Å²) in [4.78, 5) is 4.23. The molecule has 2 aromatic rings. The molecule has 15 heavy (non-hydrogen) atoms. The van der Waals surface area contributed by atoms with Gasteiger partial charge in [-0.3, -0.25) is 4.98 Å². The molecule has 0 unspecified atom stereocenters. The Morgan fingerprint density at radius 2 is 1.87 bits per heavy atom. The van der Waals surface area contributed by atoms with Crippen LogP contribution in [0.1, 0.15) is 5.56 Å². The quantitative estimate of drug-likeness (QED) is 0.692. The van der Waals surface area contributed by atoms with Gasteiger partial charge in [0, 0.05) is 17.4 Å². The number of rotatable bonds is 1. The van der Waals surface area contributed by atoms with E-state index in [0.29, 0.717) is 11.4 Å². The van der Waals surface area contributed by atoms with E-state index in [-0.39, 0.29) is 0 Å². The number of nitrogens with zero attached hydrogens (tertiary/aromatic N) is 1. The number of hydrogen-bond donors (Lipinski definition) is 2. The van der Waals surface area contributed by atoms with Gasteiger partial charge in [0.25, 0.3) is 0 Å². The minimum atomic E-state index is 0.646. The third kappa shape index (κ3) is 1.76. The van der Waals surface area contributed by atoms with Crippen LogP contribution in [0.25, 0.3) is 11.3 Å². The van der Waals surface area contributed by atoms with Gasteiger partial charge < -0.3 is 11.5 Å². The minimum Gasteiger partial charge on any atom is -0.398 e. The van der Waals surface area contributed by atoms with Crippen molar-refractivity contribution in [3.8, 4) is 11.3 Å². The molecule has 0 saturated heterocycles. The lowest BCUT2D eigenvalue weighted by Gasteiger charge is -2.07. The third-order valence-corrected chi connectivity index (χ3v) is 2.30. The maximum Gasteiger partial charge on any atom is 0.0951 e. The Labute approximate surface area is 88.8 Å². The van der Waals surface area contributed by atoms with E-state index in [4.69, 9.17) is 11.5 Å². The van der Waals surface area contributed by atoms with E-state index in [1.165, 1.54) is 0 Å². The Bertz CT molecular complexity index is 492. The van der Waals surface area contributed by atoms with E-state index in [2.05, 4.69) is 4.98 Å². The first-order chi connectivity index (χ1) is 7.18. The topological polar surface area (TPSA) is 64.9 Å². The highest BCUT2D eigenvalue weighted by Crippen LogP contribution is 2.28. The second kappa shape index (κ2) is 3.61. The van der Waals surface area contributed by atoms with Crippen LogP contribution in [-0.4, -0.2) is 4.98 Å². The average molecular weight is 199 g/mol. The molecule has 0 saturated carbocycles. The van der Waals surface area contributed by atoms with Gasteiger partial charge >= 0.3 is 0 Å². The van der Waals surface area contributed by atoms with Gasteiger partial charge in [-0.2, -0.15) is 0 Å². The standard InChI is InChI=1S/C12H13N3/c1-8-4-5-9(11(14)7-8)12-10(13)3-2-6-15-12/h2-7H,13-14H2,1H3. The van der Waals surface area contributed by atoms with Gasteiger partial charge in [0.05, 0.1) is 11.4 Å². The predicted molar refractivity (Wildman–Crippen MR) is 63.2 cm³/mol. The number of pyridine rings is 1. The van der Waals surface area contributed by atoms with E-state index in [9.17, 15) is 0 Å². The van der Waals surface area contributed by atoms with E-state index >= 15 is 0 Å². The zero-order valence-electron chi connectivity index (χ0n) is 8.57. The lowest BCUT2D eigenvalue weighted by atomic mass is 10.1. The maximum atomic E-state index is 5.93. The molecule has 0 spiro atoms. The van der Waals surface area contributed by atoms with E-state index in [1.807, 2.05) is 37.3 Å². The molecule has 0 aliphatic rings. The summed E-state index contributed by atoms with van der Waals surface area (Å²) in [6.07, 6.45) is 1.71. The molecule has 0 amide bonds. The molecule has 1 aromatic carbocycles. The lowest BCUT2D eigenvalue weighted by molar-refractivity contribution is 1.32. The summed E-state index contributed by atoms with van der Waals surface area (Å²) < 4.78 is 0. The zero-order valence-corrected chi connectivity index (χ0v) is 8.57. The molecule has 0 fully saturated rings. The summed E-state index contributed by atoms with van der Waals surface area (Å²) in [6.45, 7) is 2.00. The summed E-state index contributed by atoms with van der Waals surface area (Å²) in [5.74, 6) is 0. The van der Waals surface area contributed by atoms with Gasteiger partial charge in [-0.1, -0.05) is 12.1 Å². The molecule has 0 aliphatic carbocycles. The van der Waals surface area contributed by atoms with Gasteiger partial charge in [-0.25, -0.2) is 0 Å². The Morgan fingerprint density at radius 1 is 1.07 bits per heavy atom. The van der Waals surface area contributed by atoms with Crippen molar-refractivity contribution in [3.63, 3.8) is 0 Å². The normalized spacial score (nSPS) is 10.2. The lowest BCUT2D eigenvalue weighted by Crippen LogP contribution is -1.96. The van der Waals surface area contributed by atoms with Crippen molar-refractivity contribution in [1.82, 2.24) is 4.98 Å². The predicted octanol–water partition coefficient (Wildman–Crippen LogP) is 2.22. The van der Waals surface area contributed by atoms with Gasteiger partial charge in [0.15, 0.2) is 0 Å². The summed E-state index contributed by atoms with van der Waals surface area (Å²) in [5.41, 5.74) is 15.9. The minimum absolute atomic E-state index is 0.646. The van der Waals surface area contributed by atoms with Crippen LogP contribution >= 0.6 is 0 Å². The van der Waals surface area contributed by atoms with E-state index < -0.39 is 0 Å². The first-order valence-electron chi connectivity index (χ1n) is 4.75. The number of aromatic nitrogens is 1. The van der Waals surface area contributed by atoms with Crippen LogP contribution in [0.3, 0.4) is 0 Å². The summed E-state index contributed by atoms with van der Waals surface area (Å²) in [5, 5.41) is 0. The molecule has 0 radical (unpaired) electrons. The molecule has 3 nitrogen and oxygen atoms in total. The second-order valence-electron chi connectivity index (χ2n) is 3.53. The number of anilines is 2. The van der Waals surface area contributed by atoms with Crippen LogP contribution in [0.2, 0.25) is 0 Å². The number of hydrogen-bond acceptors (Lipinski definition) is 3. The number of nitrogen functional groups attached to an aromatic ring is 2. The van der Waals surface area contributed by atoms with Crippen molar-refractivity contribution < 1.29 is 0 Å².